The number of nitrogens with zero attached hydrogens (tertiary/aromatic N) is 2. The van der Waals surface area contributed by atoms with E-state index in [0.717, 1.165) is 24.8 Å². The van der Waals surface area contributed by atoms with E-state index in [1.807, 2.05) is 20.2 Å². The zero-order valence-corrected chi connectivity index (χ0v) is 9.63. The van der Waals surface area contributed by atoms with Crippen LogP contribution in [-0.2, 0) is 5.41 Å². The maximum Gasteiger partial charge on any atom is 0.146 e. The van der Waals surface area contributed by atoms with Gasteiger partial charge in [0, 0.05) is 14.1 Å². The van der Waals surface area contributed by atoms with E-state index in [1.165, 1.54) is 6.07 Å². The van der Waals surface area contributed by atoms with Crippen molar-refractivity contribution in [2.45, 2.75) is 24.7 Å². The van der Waals surface area contributed by atoms with Crippen molar-refractivity contribution >= 4 is 5.69 Å². The van der Waals surface area contributed by atoms with Gasteiger partial charge in [-0.3, -0.25) is 0 Å². The van der Waals surface area contributed by atoms with E-state index in [9.17, 15) is 9.65 Å². The van der Waals surface area contributed by atoms with Crippen LogP contribution in [-0.4, -0.2) is 14.1 Å². The van der Waals surface area contributed by atoms with Gasteiger partial charge < -0.3 is 4.90 Å². The SMILES string of the molecule is CN(C)c1ccc(C2(C#N)CCC2)cc1F. The molecule has 0 bridgehead atoms. The molecular formula is C13H15FN2. The smallest absolute Gasteiger partial charge is 0.146 e. The predicted molar refractivity (Wildman–Crippen MR) is 61.9 cm³/mol. The standard InChI is InChI=1S/C13H15FN2/c1-16(2)12-5-4-10(8-11(12)14)13(9-15)6-3-7-13/h4-5,8H,3,6-7H2,1-2H3. The second-order valence-corrected chi connectivity index (χ2v) is 4.61. The number of nitriles is 1. The summed E-state index contributed by atoms with van der Waals surface area (Å²) in [5.74, 6) is -0.246. The van der Waals surface area contributed by atoms with Gasteiger partial charge in [-0.2, -0.15) is 5.26 Å². The predicted octanol–water partition coefficient (Wildman–Crippen LogP) is 2.84. The zero-order valence-electron chi connectivity index (χ0n) is 9.63. The average Bonchev–Trinajstić information content (AvgIpc) is 2.16. The molecule has 0 N–H and O–H groups in total. The van der Waals surface area contributed by atoms with Gasteiger partial charge in [0.15, 0.2) is 0 Å². The second-order valence-electron chi connectivity index (χ2n) is 4.61. The van der Waals surface area contributed by atoms with E-state index < -0.39 is 5.41 Å². The normalized spacial score (nSPS) is 17.4. The molecular weight excluding hydrogens is 203 g/mol. The van der Waals surface area contributed by atoms with Crippen molar-refractivity contribution in [3.05, 3.63) is 29.6 Å². The molecule has 0 spiro atoms. The number of rotatable bonds is 2. The van der Waals surface area contributed by atoms with Gasteiger partial charge in [0.05, 0.1) is 17.2 Å². The van der Waals surface area contributed by atoms with Crippen LogP contribution >= 0.6 is 0 Å². The Balaban J connectivity index is 2.39. The molecule has 0 aliphatic heterocycles. The number of halogens is 1. The Morgan fingerprint density at radius 3 is 2.44 bits per heavy atom. The highest BCUT2D eigenvalue weighted by molar-refractivity contribution is 5.50. The summed E-state index contributed by atoms with van der Waals surface area (Å²) in [4.78, 5) is 1.74. The first-order chi connectivity index (χ1) is 7.59. The summed E-state index contributed by atoms with van der Waals surface area (Å²) in [7, 11) is 3.61. The molecule has 0 heterocycles. The molecule has 2 nitrogen and oxygen atoms in total. The number of hydrogen-bond donors (Lipinski definition) is 0. The Hall–Kier alpha value is -1.56. The third kappa shape index (κ3) is 1.55. The Bertz CT molecular complexity index is 442. The molecule has 1 saturated carbocycles. The Morgan fingerprint density at radius 2 is 2.06 bits per heavy atom. The summed E-state index contributed by atoms with van der Waals surface area (Å²) in [6, 6.07) is 7.47. The second kappa shape index (κ2) is 3.79. The van der Waals surface area contributed by atoms with E-state index in [4.69, 9.17) is 0 Å². The average molecular weight is 218 g/mol. The minimum atomic E-state index is -0.425. The fourth-order valence-corrected chi connectivity index (χ4v) is 2.16. The lowest BCUT2D eigenvalue weighted by Crippen LogP contribution is -2.32. The van der Waals surface area contributed by atoms with Crippen molar-refractivity contribution in [2.24, 2.45) is 0 Å². The van der Waals surface area contributed by atoms with E-state index in [2.05, 4.69) is 6.07 Å². The minimum absolute atomic E-state index is 0.246. The Morgan fingerprint density at radius 1 is 1.38 bits per heavy atom. The van der Waals surface area contributed by atoms with Crippen molar-refractivity contribution in [3.63, 3.8) is 0 Å². The van der Waals surface area contributed by atoms with Gasteiger partial charge in [0.2, 0.25) is 0 Å². The van der Waals surface area contributed by atoms with Crippen LogP contribution in [0.3, 0.4) is 0 Å². The fraction of sp³-hybridized carbons (Fsp3) is 0.462. The molecule has 84 valence electrons. The van der Waals surface area contributed by atoms with Crippen LogP contribution in [0.2, 0.25) is 0 Å². The van der Waals surface area contributed by atoms with Gasteiger partial charge >= 0.3 is 0 Å². The lowest BCUT2D eigenvalue weighted by Gasteiger charge is -2.35. The van der Waals surface area contributed by atoms with Gasteiger partial charge in [-0.25, -0.2) is 4.39 Å². The van der Waals surface area contributed by atoms with Gasteiger partial charge in [0.25, 0.3) is 0 Å². The summed E-state index contributed by atoms with van der Waals surface area (Å²) < 4.78 is 13.8. The first kappa shape index (κ1) is 10.9. The number of benzene rings is 1. The molecule has 1 aromatic rings. The van der Waals surface area contributed by atoms with Crippen LogP contribution < -0.4 is 4.90 Å². The van der Waals surface area contributed by atoms with Crippen LogP contribution in [0.25, 0.3) is 0 Å². The van der Waals surface area contributed by atoms with Crippen molar-refractivity contribution in [1.29, 1.82) is 5.26 Å². The lowest BCUT2D eigenvalue weighted by atomic mass is 9.65. The van der Waals surface area contributed by atoms with Crippen LogP contribution in [0, 0.1) is 17.1 Å². The Kier molecular flexibility index (Phi) is 2.59. The molecule has 0 radical (unpaired) electrons. The molecule has 0 saturated heterocycles. The molecule has 0 amide bonds. The minimum Gasteiger partial charge on any atom is -0.375 e. The zero-order chi connectivity index (χ0) is 11.8. The van der Waals surface area contributed by atoms with E-state index in [-0.39, 0.29) is 5.82 Å². The molecule has 2 rings (SSSR count). The molecule has 0 unspecified atom stereocenters. The highest BCUT2D eigenvalue weighted by Crippen LogP contribution is 2.43. The molecule has 16 heavy (non-hydrogen) atoms. The third-order valence-electron chi connectivity index (χ3n) is 3.40. The van der Waals surface area contributed by atoms with Crippen molar-refractivity contribution in [3.8, 4) is 6.07 Å². The van der Waals surface area contributed by atoms with Gasteiger partial charge in [0.1, 0.15) is 5.82 Å². The molecule has 0 aromatic heterocycles. The first-order valence-electron chi connectivity index (χ1n) is 5.48. The lowest BCUT2D eigenvalue weighted by molar-refractivity contribution is 0.323. The highest BCUT2D eigenvalue weighted by Gasteiger charge is 2.39. The van der Waals surface area contributed by atoms with Crippen molar-refractivity contribution < 1.29 is 4.39 Å². The summed E-state index contributed by atoms with van der Waals surface area (Å²) in [6.45, 7) is 0. The maximum absolute atomic E-state index is 13.8. The molecule has 0 atom stereocenters. The molecule has 1 aliphatic carbocycles. The third-order valence-corrected chi connectivity index (χ3v) is 3.40. The van der Waals surface area contributed by atoms with Gasteiger partial charge in [-0.05, 0) is 37.0 Å². The van der Waals surface area contributed by atoms with Crippen LogP contribution in [0.4, 0.5) is 10.1 Å². The van der Waals surface area contributed by atoms with Gasteiger partial charge in [-0.15, -0.1) is 0 Å². The van der Waals surface area contributed by atoms with Crippen molar-refractivity contribution in [1.82, 2.24) is 0 Å². The molecule has 1 aliphatic rings. The van der Waals surface area contributed by atoms with E-state index >= 15 is 0 Å². The molecule has 1 aromatic carbocycles. The largest absolute Gasteiger partial charge is 0.375 e. The van der Waals surface area contributed by atoms with Crippen LogP contribution in [0.1, 0.15) is 24.8 Å². The van der Waals surface area contributed by atoms with Crippen molar-refractivity contribution in [2.75, 3.05) is 19.0 Å². The summed E-state index contributed by atoms with van der Waals surface area (Å²) in [6.07, 6.45) is 2.76. The highest BCUT2D eigenvalue weighted by atomic mass is 19.1. The summed E-state index contributed by atoms with van der Waals surface area (Å²) >= 11 is 0. The maximum atomic E-state index is 13.8. The van der Waals surface area contributed by atoms with Crippen LogP contribution in [0.15, 0.2) is 18.2 Å². The van der Waals surface area contributed by atoms with E-state index in [1.54, 1.807) is 11.0 Å². The van der Waals surface area contributed by atoms with E-state index in [0.29, 0.717) is 5.69 Å². The monoisotopic (exact) mass is 218 g/mol. The first-order valence-corrected chi connectivity index (χ1v) is 5.48. The van der Waals surface area contributed by atoms with Crippen LogP contribution in [0.5, 0.6) is 0 Å². The molecule has 3 heteroatoms. The Labute approximate surface area is 95.3 Å². The summed E-state index contributed by atoms with van der Waals surface area (Å²) in [5.41, 5.74) is 0.964. The quantitative estimate of drug-likeness (QED) is 0.763. The summed E-state index contributed by atoms with van der Waals surface area (Å²) in [5, 5.41) is 9.18. The number of hydrogen-bond acceptors (Lipinski definition) is 2. The molecule has 1 fully saturated rings. The topological polar surface area (TPSA) is 27.0 Å². The number of anilines is 1. The van der Waals surface area contributed by atoms with Gasteiger partial charge in [-0.1, -0.05) is 6.07 Å². The fourth-order valence-electron chi connectivity index (χ4n) is 2.16.